The summed E-state index contributed by atoms with van der Waals surface area (Å²) in [5, 5.41) is 9.65. The SMILES string of the molecule is Cc1ccc(C2C3=C(CC(C)(C)CC3=O)Nc3nc(SCc4ccccc4Cl)nn32)cc1. The van der Waals surface area contributed by atoms with Gasteiger partial charge in [0.1, 0.15) is 6.04 Å². The Labute approximate surface area is 197 Å². The number of nitrogens with one attached hydrogen (secondary N) is 1. The van der Waals surface area contributed by atoms with Gasteiger partial charge in [0.05, 0.1) is 0 Å². The van der Waals surface area contributed by atoms with E-state index in [1.165, 1.54) is 5.56 Å². The highest BCUT2D eigenvalue weighted by atomic mass is 35.5. The molecule has 1 aliphatic carbocycles. The number of rotatable bonds is 4. The number of carbonyl (C=O) groups excluding carboxylic acids is 1. The van der Waals surface area contributed by atoms with Gasteiger partial charge in [0.15, 0.2) is 5.78 Å². The summed E-state index contributed by atoms with van der Waals surface area (Å²) < 4.78 is 1.87. The summed E-state index contributed by atoms with van der Waals surface area (Å²) in [5.74, 6) is 1.54. The number of nitrogens with zero attached hydrogens (tertiary/aromatic N) is 3. The van der Waals surface area contributed by atoms with Gasteiger partial charge in [-0.1, -0.05) is 85.2 Å². The summed E-state index contributed by atoms with van der Waals surface area (Å²) in [6.07, 6.45) is 1.35. The van der Waals surface area contributed by atoms with Crippen LogP contribution >= 0.6 is 23.4 Å². The molecule has 0 spiro atoms. The molecule has 1 N–H and O–H groups in total. The van der Waals surface area contributed by atoms with Gasteiger partial charge in [-0.3, -0.25) is 4.79 Å². The lowest BCUT2D eigenvalue weighted by atomic mass is 9.73. The van der Waals surface area contributed by atoms with Crippen molar-refractivity contribution in [3.8, 4) is 0 Å². The molecule has 5 rings (SSSR count). The van der Waals surface area contributed by atoms with E-state index >= 15 is 0 Å². The van der Waals surface area contributed by atoms with Crippen molar-refractivity contribution in [3.63, 3.8) is 0 Å². The summed E-state index contributed by atoms with van der Waals surface area (Å²) in [6.45, 7) is 6.35. The third-order valence-electron chi connectivity index (χ3n) is 6.02. The number of hydrogen-bond acceptors (Lipinski definition) is 5. The number of fused-ring (bicyclic) bond motifs is 1. The van der Waals surface area contributed by atoms with Gasteiger partial charge < -0.3 is 5.32 Å². The van der Waals surface area contributed by atoms with Crippen molar-refractivity contribution in [1.29, 1.82) is 0 Å². The number of Topliss-reactive ketones (excluding diaryl/α,β-unsaturated/α-hetero) is 1. The minimum Gasteiger partial charge on any atom is -0.328 e. The van der Waals surface area contributed by atoms with Crippen molar-refractivity contribution in [2.24, 2.45) is 5.41 Å². The van der Waals surface area contributed by atoms with E-state index in [0.717, 1.165) is 33.8 Å². The van der Waals surface area contributed by atoms with E-state index in [0.29, 0.717) is 23.3 Å². The third-order valence-corrected chi connectivity index (χ3v) is 7.28. The van der Waals surface area contributed by atoms with Gasteiger partial charge in [0.25, 0.3) is 0 Å². The molecule has 1 atom stereocenters. The Balaban J connectivity index is 1.53. The molecule has 0 amide bonds. The first-order chi connectivity index (χ1) is 15.3. The highest BCUT2D eigenvalue weighted by Crippen LogP contribution is 2.45. The molecule has 1 aromatic heterocycles. The van der Waals surface area contributed by atoms with Gasteiger partial charge in [0, 0.05) is 28.5 Å². The maximum Gasteiger partial charge on any atom is 0.227 e. The molecule has 0 bridgehead atoms. The summed E-state index contributed by atoms with van der Waals surface area (Å²) in [7, 11) is 0. The fourth-order valence-corrected chi connectivity index (χ4v) is 5.58. The van der Waals surface area contributed by atoms with E-state index in [4.69, 9.17) is 21.7 Å². The molecular formula is C25H25ClN4OS. The number of anilines is 1. The number of aryl methyl sites for hydroxylation is 1. The quantitative estimate of drug-likeness (QED) is 0.466. The molecule has 0 saturated heterocycles. The first-order valence-corrected chi connectivity index (χ1v) is 12.1. The van der Waals surface area contributed by atoms with Crippen LogP contribution in [0.4, 0.5) is 5.95 Å². The number of carbonyl (C=O) groups is 1. The second kappa shape index (κ2) is 8.09. The van der Waals surface area contributed by atoms with E-state index in [1.807, 2.05) is 28.9 Å². The minimum absolute atomic E-state index is 0.0788. The van der Waals surface area contributed by atoms with Crippen LogP contribution in [0.3, 0.4) is 0 Å². The van der Waals surface area contributed by atoms with Gasteiger partial charge in [-0.15, -0.1) is 5.10 Å². The van der Waals surface area contributed by atoms with Crippen LogP contribution in [0.5, 0.6) is 0 Å². The molecule has 3 aromatic rings. The number of aromatic nitrogens is 3. The number of ketones is 1. The van der Waals surface area contributed by atoms with Gasteiger partial charge >= 0.3 is 0 Å². The van der Waals surface area contributed by atoms with Gasteiger partial charge in [-0.05, 0) is 36.0 Å². The Morgan fingerprint density at radius 3 is 2.66 bits per heavy atom. The molecule has 2 heterocycles. The van der Waals surface area contributed by atoms with Crippen LogP contribution in [0.2, 0.25) is 5.02 Å². The van der Waals surface area contributed by atoms with Crippen molar-refractivity contribution in [3.05, 3.63) is 81.5 Å². The molecule has 2 aromatic carbocycles. The van der Waals surface area contributed by atoms with Crippen molar-refractivity contribution in [2.75, 3.05) is 5.32 Å². The number of benzene rings is 2. The Kier molecular flexibility index (Phi) is 5.38. The molecule has 0 fully saturated rings. The molecule has 2 aliphatic rings. The maximum atomic E-state index is 13.3. The van der Waals surface area contributed by atoms with Crippen molar-refractivity contribution in [2.45, 2.75) is 50.6 Å². The van der Waals surface area contributed by atoms with Crippen LogP contribution in [0.25, 0.3) is 0 Å². The predicted octanol–water partition coefficient (Wildman–Crippen LogP) is 6.19. The lowest BCUT2D eigenvalue weighted by Crippen LogP contribution is -2.36. The normalized spacial score (nSPS) is 19.4. The Hall–Kier alpha value is -2.57. The Bertz CT molecular complexity index is 1230. The molecule has 164 valence electrons. The van der Waals surface area contributed by atoms with Gasteiger partial charge in [0.2, 0.25) is 11.1 Å². The Morgan fingerprint density at radius 2 is 1.91 bits per heavy atom. The second-order valence-electron chi connectivity index (χ2n) is 9.31. The molecular weight excluding hydrogens is 440 g/mol. The van der Waals surface area contributed by atoms with E-state index in [-0.39, 0.29) is 17.2 Å². The van der Waals surface area contributed by atoms with Crippen molar-refractivity contribution >= 4 is 35.1 Å². The zero-order valence-corrected chi connectivity index (χ0v) is 19.9. The van der Waals surface area contributed by atoms with E-state index in [1.54, 1.807) is 11.8 Å². The highest BCUT2D eigenvalue weighted by molar-refractivity contribution is 7.98. The number of halogens is 1. The van der Waals surface area contributed by atoms with Crippen LogP contribution in [0.15, 0.2) is 65.0 Å². The van der Waals surface area contributed by atoms with Crippen LogP contribution < -0.4 is 5.32 Å². The van der Waals surface area contributed by atoms with E-state index in [9.17, 15) is 4.79 Å². The molecule has 32 heavy (non-hydrogen) atoms. The molecule has 0 saturated carbocycles. The van der Waals surface area contributed by atoms with E-state index in [2.05, 4.69) is 50.4 Å². The monoisotopic (exact) mass is 464 g/mol. The van der Waals surface area contributed by atoms with Crippen LogP contribution in [-0.4, -0.2) is 20.5 Å². The maximum absolute atomic E-state index is 13.3. The average Bonchev–Trinajstić information content (AvgIpc) is 3.14. The molecule has 0 radical (unpaired) electrons. The lowest BCUT2D eigenvalue weighted by Gasteiger charge is -2.38. The topological polar surface area (TPSA) is 59.8 Å². The highest BCUT2D eigenvalue weighted by Gasteiger charge is 2.41. The van der Waals surface area contributed by atoms with Crippen LogP contribution in [-0.2, 0) is 10.5 Å². The summed E-state index contributed by atoms with van der Waals surface area (Å²) in [6, 6.07) is 15.9. The fraction of sp³-hybridized carbons (Fsp3) is 0.320. The molecule has 1 aliphatic heterocycles. The number of allylic oxidation sites excluding steroid dienone is 2. The average molecular weight is 465 g/mol. The summed E-state index contributed by atoms with van der Waals surface area (Å²) >= 11 is 7.86. The van der Waals surface area contributed by atoms with Crippen LogP contribution in [0, 0.1) is 12.3 Å². The van der Waals surface area contributed by atoms with E-state index < -0.39 is 0 Å². The first-order valence-electron chi connectivity index (χ1n) is 10.7. The minimum atomic E-state index is -0.271. The second-order valence-corrected chi connectivity index (χ2v) is 10.7. The molecule has 7 heteroatoms. The Morgan fingerprint density at radius 1 is 1.16 bits per heavy atom. The fourth-order valence-electron chi connectivity index (χ4n) is 4.47. The number of hydrogen-bond donors (Lipinski definition) is 1. The summed E-state index contributed by atoms with van der Waals surface area (Å²) in [5.41, 5.74) is 4.98. The van der Waals surface area contributed by atoms with Crippen molar-refractivity contribution < 1.29 is 4.79 Å². The zero-order valence-electron chi connectivity index (χ0n) is 18.4. The third kappa shape index (κ3) is 3.97. The standard InChI is InChI=1S/C25H25ClN4OS/c1-15-8-10-16(11-9-15)22-21-19(12-25(2,3)13-20(21)31)27-23-28-24(29-30(22)23)32-14-17-6-4-5-7-18(17)26/h4-11,22H,12-14H2,1-3H3,(H,27,28,29). The van der Waals surface area contributed by atoms with Crippen molar-refractivity contribution in [1.82, 2.24) is 14.8 Å². The predicted molar refractivity (Wildman–Crippen MR) is 129 cm³/mol. The zero-order chi connectivity index (χ0) is 22.5. The van der Waals surface area contributed by atoms with Crippen LogP contribution in [0.1, 0.15) is 49.4 Å². The molecule has 1 unspecified atom stereocenters. The van der Waals surface area contributed by atoms with Gasteiger partial charge in [-0.2, -0.15) is 4.98 Å². The lowest BCUT2D eigenvalue weighted by molar-refractivity contribution is -0.118. The smallest absolute Gasteiger partial charge is 0.227 e. The number of thioether (sulfide) groups is 1. The summed E-state index contributed by atoms with van der Waals surface area (Å²) in [4.78, 5) is 18.0. The van der Waals surface area contributed by atoms with Gasteiger partial charge in [-0.25, -0.2) is 4.68 Å². The molecule has 5 nitrogen and oxygen atoms in total. The first kappa shape index (κ1) is 21.3. The largest absolute Gasteiger partial charge is 0.328 e.